The molecule has 2 rings (SSSR count). The number of fused-ring (bicyclic) bond motifs is 1. The zero-order valence-corrected chi connectivity index (χ0v) is 10.8. The van der Waals surface area contributed by atoms with Gasteiger partial charge in [0, 0.05) is 0 Å². The van der Waals surface area contributed by atoms with Crippen molar-refractivity contribution in [2.45, 2.75) is 6.92 Å². The summed E-state index contributed by atoms with van der Waals surface area (Å²) in [6.07, 6.45) is 1.75. The van der Waals surface area contributed by atoms with Gasteiger partial charge < -0.3 is 9.52 Å². The lowest BCUT2D eigenvalue weighted by atomic mass is 10.1. The van der Waals surface area contributed by atoms with Crippen molar-refractivity contribution >= 4 is 28.5 Å². The maximum atomic E-state index is 11.8. The quantitative estimate of drug-likeness (QED) is 0.681. The van der Waals surface area contributed by atoms with Crippen LogP contribution < -0.4 is 5.63 Å². The first kappa shape index (κ1) is 12.7. The Balaban J connectivity index is 2.78. The van der Waals surface area contributed by atoms with E-state index in [0.29, 0.717) is 11.0 Å². The van der Waals surface area contributed by atoms with Crippen LogP contribution in [0.4, 0.5) is 0 Å². The van der Waals surface area contributed by atoms with Gasteiger partial charge in [0.05, 0.1) is 11.1 Å². The zero-order valence-electron chi connectivity index (χ0n) is 10.0. The summed E-state index contributed by atoms with van der Waals surface area (Å²) in [5.41, 5.74) is 0.0141. The molecular formula is C13H12O4S. The average molecular weight is 264 g/mol. The van der Waals surface area contributed by atoms with Crippen molar-refractivity contribution in [2.24, 2.45) is 0 Å². The highest BCUT2D eigenvalue weighted by Gasteiger charge is 2.20. The van der Waals surface area contributed by atoms with E-state index in [4.69, 9.17) is 4.42 Å². The second kappa shape index (κ2) is 4.86. The number of hydrogen-bond donors (Lipinski definition) is 1. The molecule has 0 saturated heterocycles. The standard InChI is InChI=1S/C13H12O4S/c1-7-4-3-5-8-11(15)10(9(14)6-18-2)13(16)17-12(7)8/h3-5,15H,6H2,1-2H3. The van der Waals surface area contributed by atoms with Crippen LogP contribution in [0.3, 0.4) is 0 Å². The Hall–Kier alpha value is -1.75. The lowest BCUT2D eigenvalue weighted by molar-refractivity contribution is 0.101. The zero-order chi connectivity index (χ0) is 13.3. The normalized spacial score (nSPS) is 10.8. The minimum atomic E-state index is -0.784. The van der Waals surface area contributed by atoms with Gasteiger partial charge in [0.25, 0.3) is 0 Å². The molecule has 4 nitrogen and oxygen atoms in total. The van der Waals surface area contributed by atoms with Gasteiger partial charge in [0.1, 0.15) is 16.9 Å². The van der Waals surface area contributed by atoms with E-state index in [9.17, 15) is 14.7 Å². The summed E-state index contributed by atoms with van der Waals surface area (Å²) in [4.78, 5) is 23.5. The molecule has 0 bridgehead atoms. The van der Waals surface area contributed by atoms with Crippen LogP contribution in [0.25, 0.3) is 11.0 Å². The Morgan fingerprint density at radius 1 is 1.44 bits per heavy atom. The Labute approximate surface area is 108 Å². The van der Waals surface area contributed by atoms with Gasteiger partial charge in [-0.25, -0.2) is 4.79 Å². The maximum Gasteiger partial charge on any atom is 0.351 e. The van der Waals surface area contributed by atoms with Gasteiger partial charge in [-0.1, -0.05) is 12.1 Å². The third-order valence-corrected chi connectivity index (χ3v) is 3.21. The molecule has 0 fully saturated rings. The minimum Gasteiger partial charge on any atom is -0.506 e. The fourth-order valence-electron chi connectivity index (χ4n) is 1.80. The van der Waals surface area contributed by atoms with Crippen LogP contribution in [0.2, 0.25) is 0 Å². The molecule has 0 aliphatic carbocycles. The van der Waals surface area contributed by atoms with Crippen molar-refractivity contribution in [3.8, 4) is 5.75 Å². The highest BCUT2D eigenvalue weighted by atomic mass is 32.2. The van der Waals surface area contributed by atoms with Crippen LogP contribution in [0.1, 0.15) is 15.9 Å². The molecule has 94 valence electrons. The van der Waals surface area contributed by atoms with Crippen LogP contribution in [-0.2, 0) is 0 Å². The van der Waals surface area contributed by atoms with E-state index in [1.54, 1.807) is 31.4 Å². The molecule has 0 amide bonds. The fourth-order valence-corrected chi connectivity index (χ4v) is 2.21. The molecule has 5 heteroatoms. The number of aromatic hydroxyl groups is 1. The number of carbonyl (C=O) groups is 1. The lowest BCUT2D eigenvalue weighted by Gasteiger charge is -2.06. The van der Waals surface area contributed by atoms with E-state index >= 15 is 0 Å². The van der Waals surface area contributed by atoms with Crippen LogP contribution in [0.5, 0.6) is 5.75 Å². The average Bonchev–Trinajstić information content (AvgIpc) is 2.31. The van der Waals surface area contributed by atoms with Crippen molar-refractivity contribution in [1.82, 2.24) is 0 Å². The predicted molar refractivity (Wildman–Crippen MR) is 71.6 cm³/mol. The summed E-state index contributed by atoms with van der Waals surface area (Å²) < 4.78 is 5.13. The first-order valence-electron chi connectivity index (χ1n) is 5.33. The molecule has 0 spiro atoms. The maximum absolute atomic E-state index is 11.8. The summed E-state index contributed by atoms with van der Waals surface area (Å²) in [5.74, 6) is -0.573. The Kier molecular flexibility index (Phi) is 3.43. The third kappa shape index (κ3) is 2.01. The molecule has 1 aromatic heterocycles. The Morgan fingerprint density at radius 3 is 2.83 bits per heavy atom. The van der Waals surface area contributed by atoms with Gasteiger partial charge in [0.15, 0.2) is 5.78 Å². The number of ketones is 1. The molecule has 0 atom stereocenters. The van der Waals surface area contributed by atoms with Crippen LogP contribution >= 0.6 is 11.8 Å². The monoisotopic (exact) mass is 264 g/mol. The number of hydrogen-bond acceptors (Lipinski definition) is 5. The number of para-hydroxylation sites is 1. The van der Waals surface area contributed by atoms with E-state index in [0.717, 1.165) is 5.56 Å². The van der Waals surface area contributed by atoms with Crippen molar-refractivity contribution in [2.75, 3.05) is 12.0 Å². The van der Waals surface area contributed by atoms with Crippen molar-refractivity contribution < 1.29 is 14.3 Å². The first-order chi connectivity index (χ1) is 8.56. The number of rotatable bonds is 3. The Morgan fingerprint density at radius 2 is 2.17 bits per heavy atom. The molecule has 18 heavy (non-hydrogen) atoms. The summed E-state index contributed by atoms with van der Waals surface area (Å²) in [7, 11) is 0. The topological polar surface area (TPSA) is 67.5 Å². The highest BCUT2D eigenvalue weighted by Crippen LogP contribution is 2.28. The molecule has 1 N–H and O–H groups in total. The molecule has 0 radical (unpaired) electrons. The van der Waals surface area contributed by atoms with Crippen molar-refractivity contribution in [1.29, 1.82) is 0 Å². The second-order valence-corrected chi connectivity index (χ2v) is 4.79. The third-order valence-electron chi connectivity index (χ3n) is 2.66. The van der Waals surface area contributed by atoms with E-state index in [1.165, 1.54) is 11.8 Å². The van der Waals surface area contributed by atoms with Gasteiger partial charge in [-0.15, -0.1) is 0 Å². The van der Waals surface area contributed by atoms with Crippen LogP contribution in [-0.4, -0.2) is 22.9 Å². The van der Waals surface area contributed by atoms with Crippen LogP contribution in [0.15, 0.2) is 27.4 Å². The van der Waals surface area contributed by atoms with E-state index in [-0.39, 0.29) is 17.1 Å². The first-order valence-corrected chi connectivity index (χ1v) is 6.73. The predicted octanol–water partition coefficient (Wildman–Crippen LogP) is 2.35. The SMILES string of the molecule is CSCC(=O)c1c(O)c2cccc(C)c2oc1=O. The molecular weight excluding hydrogens is 252 g/mol. The highest BCUT2D eigenvalue weighted by molar-refractivity contribution is 7.99. The van der Waals surface area contributed by atoms with E-state index in [2.05, 4.69) is 0 Å². The number of carbonyl (C=O) groups excluding carboxylic acids is 1. The van der Waals surface area contributed by atoms with Gasteiger partial charge in [0.2, 0.25) is 0 Å². The molecule has 2 aromatic rings. The second-order valence-electron chi connectivity index (χ2n) is 3.92. The summed E-state index contributed by atoms with van der Waals surface area (Å²) in [6.45, 7) is 1.77. The summed E-state index contributed by atoms with van der Waals surface area (Å²) in [6, 6.07) is 5.13. The van der Waals surface area contributed by atoms with Crippen molar-refractivity contribution in [3.63, 3.8) is 0 Å². The molecule has 1 aromatic carbocycles. The molecule has 0 aliphatic heterocycles. The van der Waals surface area contributed by atoms with Gasteiger partial charge in [-0.3, -0.25) is 4.79 Å². The molecule has 1 heterocycles. The van der Waals surface area contributed by atoms with Crippen molar-refractivity contribution in [3.05, 3.63) is 39.7 Å². The van der Waals surface area contributed by atoms with E-state index in [1.807, 2.05) is 0 Å². The molecule has 0 aliphatic rings. The number of aryl methyl sites for hydroxylation is 1. The van der Waals surface area contributed by atoms with Gasteiger partial charge in [-0.05, 0) is 24.8 Å². The fraction of sp³-hybridized carbons (Fsp3) is 0.231. The van der Waals surface area contributed by atoms with E-state index < -0.39 is 11.4 Å². The largest absolute Gasteiger partial charge is 0.506 e. The van der Waals surface area contributed by atoms with Gasteiger partial charge in [-0.2, -0.15) is 11.8 Å². The van der Waals surface area contributed by atoms with Crippen LogP contribution in [0, 0.1) is 6.92 Å². The van der Waals surface area contributed by atoms with Gasteiger partial charge >= 0.3 is 5.63 Å². The number of thioether (sulfide) groups is 1. The number of benzene rings is 1. The minimum absolute atomic E-state index is 0.135. The Bertz CT molecular complexity index is 672. The summed E-state index contributed by atoms with van der Waals surface area (Å²) >= 11 is 1.29. The molecule has 0 unspecified atom stereocenters. The lowest BCUT2D eigenvalue weighted by Crippen LogP contribution is -2.16. The number of Topliss-reactive ketones (excluding diaryl/α,β-unsaturated/α-hetero) is 1. The smallest absolute Gasteiger partial charge is 0.351 e. The molecule has 0 saturated carbocycles. The summed E-state index contributed by atoms with van der Waals surface area (Å²) in [5, 5.41) is 10.4.